The van der Waals surface area contributed by atoms with Crippen LogP contribution in [0.25, 0.3) is 6.08 Å². The second kappa shape index (κ2) is 8.11. The van der Waals surface area contributed by atoms with Crippen LogP contribution in [0.5, 0.6) is 0 Å². The molecule has 1 aromatic carbocycles. The molecule has 136 valence electrons. The van der Waals surface area contributed by atoms with Crippen LogP contribution in [-0.4, -0.2) is 51.1 Å². The lowest BCUT2D eigenvalue weighted by Gasteiger charge is -2.12. The van der Waals surface area contributed by atoms with Crippen LogP contribution < -0.4 is 11.1 Å². The summed E-state index contributed by atoms with van der Waals surface area (Å²) in [6, 6.07) is 4.79. The predicted molar refractivity (Wildman–Crippen MR) is 100 cm³/mol. The number of carbonyl (C=O) groups is 4. The Kier molecular flexibility index (Phi) is 6.11. The topological polar surface area (TPSA) is 130 Å². The molecule has 0 spiro atoms. The highest BCUT2D eigenvalue weighted by atomic mass is 32.2. The Morgan fingerprint density at radius 1 is 1.35 bits per heavy atom. The molecule has 4 N–H and O–H groups in total. The Hall–Kier alpha value is -2.72. The molecule has 2 rings (SSSR count). The van der Waals surface area contributed by atoms with Gasteiger partial charge >= 0.3 is 5.97 Å². The van der Waals surface area contributed by atoms with Gasteiger partial charge in [-0.1, -0.05) is 36.1 Å². The van der Waals surface area contributed by atoms with E-state index in [9.17, 15) is 19.2 Å². The van der Waals surface area contributed by atoms with E-state index in [4.69, 9.17) is 23.1 Å². The zero-order chi connectivity index (χ0) is 19.4. The number of likely N-dealkylation sites (N-methyl/N-ethyl adjacent to an activating group) is 1. The highest BCUT2D eigenvalue weighted by Gasteiger charge is 2.28. The Balaban J connectivity index is 2.10. The first kappa shape index (κ1) is 19.6. The molecule has 10 heteroatoms. The highest BCUT2D eigenvalue weighted by Crippen LogP contribution is 2.31. The number of carboxylic acid groups (broad SMARTS) is 1. The summed E-state index contributed by atoms with van der Waals surface area (Å²) in [5, 5.41) is 11.2. The highest BCUT2D eigenvalue weighted by molar-refractivity contribution is 8.26. The zero-order valence-electron chi connectivity index (χ0n) is 13.6. The van der Waals surface area contributed by atoms with E-state index in [0.29, 0.717) is 14.8 Å². The van der Waals surface area contributed by atoms with Crippen LogP contribution in [0.15, 0.2) is 29.2 Å². The first-order valence-corrected chi connectivity index (χ1v) is 8.55. The van der Waals surface area contributed by atoms with E-state index in [0.717, 1.165) is 0 Å². The Morgan fingerprint density at radius 3 is 2.42 bits per heavy atom. The summed E-state index contributed by atoms with van der Waals surface area (Å²) in [5.41, 5.74) is 5.86. The molecule has 1 atom stereocenters. The number of thioether (sulfide) groups is 1. The molecule has 0 aliphatic carbocycles. The van der Waals surface area contributed by atoms with Gasteiger partial charge in [-0.3, -0.25) is 19.3 Å². The van der Waals surface area contributed by atoms with Gasteiger partial charge < -0.3 is 16.2 Å². The van der Waals surface area contributed by atoms with Crippen molar-refractivity contribution in [2.24, 2.45) is 5.73 Å². The number of amides is 3. The van der Waals surface area contributed by atoms with Crippen molar-refractivity contribution in [3.63, 3.8) is 0 Å². The number of nitrogens with two attached hydrogens (primary N) is 1. The maximum atomic E-state index is 12.1. The number of hydrogen-bond donors (Lipinski definition) is 3. The molecule has 1 aromatic rings. The molecule has 0 bridgehead atoms. The predicted octanol–water partition coefficient (Wildman–Crippen LogP) is 0.576. The number of nitrogens with one attached hydrogen (secondary N) is 1. The van der Waals surface area contributed by atoms with E-state index in [-0.39, 0.29) is 11.5 Å². The number of aliphatic carboxylic acids is 1. The van der Waals surface area contributed by atoms with Gasteiger partial charge in [0.15, 0.2) is 0 Å². The summed E-state index contributed by atoms with van der Waals surface area (Å²) in [5.74, 6) is -3.03. The molecule has 0 saturated carbocycles. The Morgan fingerprint density at radius 2 is 1.96 bits per heavy atom. The average Bonchev–Trinajstić information content (AvgIpc) is 2.81. The van der Waals surface area contributed by atoms with Crippen LogP contribution >= 0.6 is 24.0 Å². The number of benzene rings is 1. The van der Waals surface area contributed by atoms with Crippen molar-refractivity contribution < 1.29 is 24.3 Å². The van der Waals surface area contributed by atoms with Gasteiger partial charge in [0.2, 0.25) is 5.91 Å². The number of rotatable bonds is 6. The molecule has 0 unspecified atom stereocenters. The second-order valence-electron chi connectivity index (χ2n) is 5.40. The quantitative estimate of drug-likeness (QED) is 0.476. The summed E-state index contributed by atoms with van der Waals surface area (Å²) in [7, 11) is 1.59. The van der Waals surface area contributed by atoms with Crippen molar-refractivity contribution >= 4 is 58.1 Å². The van der Waals surface area contributed by atoms with Crippen LogP contribution in [0.3, 0.4) is 0 Å². The number of carbonyl (C=O) groups excluding carboxylic acids is 3. The minimum atomic E-state index is -1.40. The summed E-state index contributed by atoms with van der Waals surface area (Å²) in [6.07, 6.45) is 1.15. The number of carboxylic acids is 1. The van der Waals surface area contributed by atoms with Crippen LogP contribution in [-0.2, 0) is 14.4 Å². The van der Waals surface area contributed by atoms with Crippen molar-refractivity contribution in [3.8, 4) is 0 Å². The van der Waals surface area contributed by atoms with Gasteiger partial charge in [-0.2, -0.15) is 0 Å². The van der Waals surface area contributed by atoms with E-state index < -0.39 is 30.2 Å². The fourth-order valence-corrected chi connectivity index (χ4v) is 3.25. The molecule has 3 amide bonds. The van der Waals surface area contributed by atoms with Crippen LogP contribution in [0.4, 0.5) is 0 Å². The molecule has 26 heavy (non-hydrogen) atoms. The van der Waals surface area contributed by atoms with Crippen molar-refractivity contribution in [1.82, 2.24) is 10.2 Å². The number of nitrogens with zero attached hydrogens (tertiary/aromatic N) is 1. The summed E-state index contributed by atoms with van der Waals surface area (Å²) in [4.78, 5) is 47.8. The first-order chi connectivity index (χ1) is 12.2. The molecule has 0 aromatic heterocycles. The van der Waals surface area contributed by atoms with Crippen LogP contribution in [0.1, 0.15) is 22.3 Å². The van der Waals surface area contributed by atoms with Crippen molar-refractivity contribution in [2.75, 3.05) is 7.05 Å². The number of primary amides is 1. The van der Waals surface area contributed by atoms with Crippen molar-refractivity contribution in [1.29, 1.82) is 0 Å². The van der Waals surface area contributed by atoms with Crippen LogP contribution in [0, 0.1) is 0 Å². The van der Waals surface area contributed by atoms with Crippen molar-refractivity contribution in [3.05, 3.63) is 40.3 Å². The Labute approximate surface area is 158 Å². The molecule has 1 fully saturated rings. The van der Waals surface area contributed by atoms with Gasteiger partial charge in [0.05, 0.1) is 11.3 Å². The summed E-state index contributed by atoms with van der Waals surface area (Å²) < 4.78 is 0.464. The fraction of sp³-hybridized carbons (Fsp3) is 0.188. The molecule has 1 aliphatic rings. The fourth-order valence-electron chi connectivity index (χ4n) is 2.07. The first-order valence-electron chi connectivity index (χ1n) is 7.32. The Bertz CT molecular complexity index is 820. The third kappa shape index (κ3) is 4.67. The van der Waals surface area contributed by atoms with Gasteiger partial charge in [0, 0.05) is 12.6 Å². The standard InChI is InChI=1S/C16H15N3O5S2/c1-19-14(22)11(26-16(19)25)6-8-2-4-9(5-3-8)13(21)18-10(15(23)24)7-12(17)20/h2-6,10H,7H2,1H3,(H2,17,20)(H,18,21)(H,23,24)/b11-6+/t10-/m0/s1. The maximum Gasteiger partial charge on any atom is 0.326 e. The third-order valence-corrected chi connectivity index (χ3v) is 4.95. The van der Waals surface area contributed by atoms with E-state index >= 15 is 0 Å². The lowest BCUT2D eigenvalue weighted by Crippen LogP contribution is -2.43. The monoisotopic (exact) mass is 393 g/mol. The minimum Gasteiger partial charge on any atom is -0.480 e. The van der Waals surface area contributed by atoms with E-state index in [2.05, 4.69) is 5.32 Å². The number of hydrogen-bond acceptors (Lipinski definition) is 6. The molecular formula is C16H15N3O5S2. The maximum absolute atomic E-state index is 12.1. The normalized spacial score (nSPS) is 16.7. The molecular weight excluding hydrogens is 378 g/mol. The lowest BCUT2D eigenvalue weighted by molar-refractivity contribution is -0.140. The van der Waals surface area contributed by atoms with Crippen molar-refractivity contribution in [2.45, 2.75) is 12.5 Å². The third-order valence-electron chi connectivity index (χ3n) is 3.47. The second-order valence-corrected chi connectivity index (χ2v) is 7.07. The SMILES string of the molecule is CN1C(=O)/C(=C\c2ccc(C(=O)N[C@@H](CC(N)=O)C(=O)O)cc2)SC1=S. The van der Waals surface area contributed by atoms with Gasteiger partial charge in [0.1, 0.15) is 10.4 Å². The van der Waals surface area contributed by atoms with Gasteiger partial charge in [-0.05, 0) is 23.8 Å². The zero-order valence-corrected chi connectivity index (χ0v) is 15.2. The smallest absolute Gasteiger partial charge is 0.326 e. The lowest BCUT2D eigenvalue weighted by atomic mass is 10.1. The van der Waals surface area contributed by atoms with E-state index in [1.54, 1.807) is 25.3 Å². The van der Waals surface area contributed by atoms with Crippen LogP contribution in [0.2, 0.25) is 0 Å². The van der Waals surface area contributed by atoms with E-state index in [1.807, 2.05) is 0 Å². The summed E-state index contributed by atoms with van der Waals surface area (Å²) in [6.45, 7) is 0. The van der Waals surface area contributed by atoms with E-state index in [1.165, 1.54) is 28.8 Å². The number of thiocarbonyl (C=S) groups is 1. The van der Waals surface area contributed by atoms with Gasteiger partial charge in [-0.25, -0.2) is 4.79 Å². The van der Waals surface area contributed by atoms with Gasteiger partial charge in [-0.15, -0.1) is 0 Å². The molecule has 0 radical (unpaired) electrons. The molecule has 1 saturated heterocycles. The molecule has 1 heterocycles. The minimum absolute atomic E-state index is 0.197. The van der Waals surface area contributed by atoms with Gasteiger partial charge in [0.25, 0.3) is 11.8 Å². The molecule has 1 aliphatic heterocycles. The average molecular weight is 393 g/mol. The summed E-state index contributed by atoms with van der Waals surface area (Å²) >= 11 is 6.24. The molecule has 8 nitrogen and oxygen atoms in total. The largest absolute Gasteiger partial charge is 0.480 e.